The molecule has 5 nitrogen and oxygen atoms in total. The topological polar surface area (TPSA) is 70.7 Å². The number of nitrogens with zero attached hydrogens (tertiary/aromatic N) is 3. The molecule has 0 aliphatic heterocycles. The van der Waals surface area contributed by atoms with Crippen LogP contribution in [0.25, 0.3) is 0 Å². The first kappa shape index (κ1) is 17.0. The number of nitriles is 1. The van der Waals surface area contributed by atoms with Gasteiger partial charge in [-0.1, -0.05) is 6.07 Å². The van der Waals surface area contributed by atoms with Crippen molar-refractivity contribution in [1.82, 2.24) is 9.78 Å². The van der Waals surface area contributed by atoms with Gasteiger partial charge >= 0.3 is 6.18 Å². The number of alkyl halides is 3. The van der Waals surface area contributed by atoms with E-state index in [1.54, 1.807) is 18.2 Å². The summed E-state index contributed by atoms with van der Waals surface area (Å²) in [4.78, 5) is 12.2. The Bertz CT molecular complexity index is 849. The van der Waals surface area contributed by atoms with Crippen molar-refractivity contribution in [3.05, 3.63) is 46.8 Å². The normalized spacial score (nSPS) is 13.8. The minimum atomic E-state index is -4.52. The van der Waals surface area contributed by atoms with Gasteiger partial charge in [-0.15, -0.1) is 0 Å². The maximum absolute atomic E-state index is 13.1. The standard InChI is InChI=1S/C17H15F3N4O/c18-17(19,20)16-13-6-1-2-7-14(13)24(23-16)10-15(25)22-12-5-3-4-11(8-12)9-21/h3-5,8H,1-2,6-7,10H2,(H,22,25). The summed E-state index contributed by atoms with van der Waals surface area (Å²) in [7, 11) is 0. The Morgan fingerprint density at radius 2 is 2.08 bits per heavy atom. The fraction of sp³-hybridized carbons (Fsp3) is 0.353. The van der Waals surface area contributed by atoms with Gasteiger partial charge in [0.1, 0.15) is 6.54 Å². The zero-order chi connectivity index (χ0) is 18.0. The van der Waals surface area contributed by atoms with Crippen LogP contribution in [-0.2, 0) is 30.4 Å². The second-order valence-electron chi connectivity index (χ2n) is 5.88. The van der Waals surface area contributed by atoms with Crippen LogP contribution < -0.4 is 5.32 Å². The van der Waals surface area contributed by atoms with Crippen LogP contribution in [0.5, 0.6) is 0 Å². The van der Waals surface area contributed by atoms with Gasteiger partial charge in [-0.2, -0.15) is 23.5 Å². The summed E-state index contributed by atoms with van der Waals surface area (Å²) >= 11 is 0. The lowest BCUT2D eigenvalue weighted by Crippen LogP contribution is -2.21. The van der Waals surface area contributed by atoms with E-state index in [4.69, 9.17) is 5.26 Å². The second kappa shape index (κ2) is 6.59. The highest BCUT2D eigenvalue weighted by molar-refractivity contribution is 5.90. The molecule has 0 saturated carbocycles. The number of carbonyl (C=O) groups excluding carboxylic acids is 1. The number of carbonyl (C=O) groups is 1. The molecule has 1 aliphatic rings. The maximum atomic E-state index is 13.1. The van der Waals surface area contributed by atoms with Crippen LogP contribution in [-0.4, -0.2) is 15.7 Å². The predicted octanol–water partition coefficient (Wildman–Crippen LogP) is 3.29. The fourth-order valence-corrected chi connectivity index (χ4v) is 3.03. The van der Waals surface area contributed by atoms with Gasteiger partial charge in [0, 0.05) is 16.9 Å². The molecule has 1 aromatic carbocycles. The molecule has 1 aliphatic carbocycles. The average Bonchev–Trinajstić information content (AvgIpc) is 2.94. The van der Waals surface area contributed by atoms with Gasteiger partial charge in [-0.25, -0.2) is 0 Å². The second-order valence-corrected chi connectivity index (χ2v) is 5.88. The van der Waals surface area contributed by atoms with E-state index < -0.39 is 17.8 Å². The Morgan fingerprint density at radius 1 is 1.32 bits per heavy atom. The molecule has 1 aromatic heterocycles. The Labute approximate surface area is 142 Å². The molecule has 0 spiro atoms. The molecule has 0 atom stereocenters. The molecule has 0 unspecified atom stereocenters. The number of amides is 1. The van der Waals surface area contributed by atoms with Crippen molar-refractivity contribution >= 4 is 11.6 Å². The summed E-state index contributed by atoms with van der Waals surface area (Å²) in [6, 6.07) is 8.27. The summed E-state index contributed by atoms with van der Waals surface area (Å²) < 4.78 is 40.6. The van der Waals surface area contributed by atoms with E-state index in [0.29, 0.717) is 36.2 Å². The Kier molecular flexibility index (Phi) is 4.49. The first-order valence-electron chi connectivity index (χ1n) is 7.84. The number of aromatic nitrogens is 2. The highest BCUT2D eigenvalue weighted by atomic mass is 19.4. The smallest absolute Gasteiger partial charge is 0.324 e. The molecule has 1 amide bonds. The van der Waals surface area contributed by atoms with Crippen molar-refractivity contribution in [3.63, 3.8) is 0 Å². The van der Waals surface area contributed by atoms with Gasteiger partial charge in [0.25, 0.3) is 0 Å². The molecule has 0 fully saturated rings. The van der Waals surface area contributed by atoms with Crippen LogP contribution >= 0.6 is 0 Å². The Morgan fingerprint density at radius 3 is 2.80 bits per heavy atom. The number of halogens is 3. The number of rotatable bonds is 3. The molecule has 0 bridgehead atoms. The molecule has 0 radical (unpaired) electrons. The highest BCUT2D eigenvalue weighted by Crippen LogP contribution is 2.35. The summed E-state index contributed by atoms with van der Waals surface area (Å²) in [5.74, 6) is -0.486. The van der Waals surface area contributed by atoms with Gasteiger partial charge in [-0.3, -0.25) is 9.48 Å². The summed E-state index contributed by atoms with van der Waals surface area (Å²) in [5, 5.41) is 15.1. The van der Waals surface area contributed by atoms with Crippen LogP contribution in [0.15, 0.2) is 24.3 Å². The highest BCUT2D eigenvalue weighted by Gasteiger charge is 2.39. The van der Waals surface area contributed by atoms with Crippen LogP contribution in [0.2, 0.25) is 0 Å². The number of hydrogen-bond acceptors (Lipinski definition) is 3. The summed E-state index contributed by atoms with van der Waals surface area (Å²) in [5.41, 5.74) is 0.605. The number of nitrogens with one attached hydrogen (secondary N) is 1. The lowest BCUT2D eigenvalue weighted by Gasteiger charge is -2.14. The third-order valence-corrected chi connectivity index (χ3v) is 4.09. The minimum absolute atomic E-state index is 0.207. The van der Waals surface area contributed by atoms with Gasteiger partial charge in [0.15, 0.2) is 5.69 Å². The monoisotopic (exact) mass is 348 g/mol. The van der Waals surface area contributed by atoms with Crippen molar-refractivity contribution in [3.8, 4) is 6.07 Å². The first-order valence-corrected chi connectivity index (χ1v) is 7.84. The van der Waals surface area contributed by atoms with Gasteiger partial charge < -0.3 is 5.32 Å². The first-order chi connectivity index (χ1) is 11.9. The maximum Gasteiger partial charge on any atom is 0.435 e. The van der Waals surface area contributed by atoms with Crippen LogP contribution in [0, 0.1) is 11.3 Å². The fourth-order valence-electron chi connectivity index (χ4n) is 3.03. The van der Waals surface area contributed by atoms with Gasteiger partial charge in [-0.05, 0) is 43.9 Å². The number of benzene rings is 1. The molecular formula is C17H15F3N4O. The summed E-state index contributed by atoms with van der Waals surface area (Å²) in [6.07, 6.45) is -2.24. The quantitative estimate of drug-likeness (QED) is 0.925. The van der Waals surface area contributed by atoms with E-state index in [1.165, 1.54) is 6.07 Å². The zero-order valence-electron chi connectivity index (χ0n) is 13.2. The van der Waals surface area contributed by atoms with Crippen molar-refractivity contribution in [2.45, 2.75) is 38.4 Å². The van der Waals surface area contributed by atoms with E-state index >= 15 is 0 Å². The van der Waals surface area contributed by atoms with Crippen LogP contribution in [0.4, 0.5) is 18.9 Å². The van der Waals surface area contributed by atoms with Crippen molar-refractivity contribution in [2.75, 3.05) is 5.32 Å². The largest absolute Gasteiger partial charge is 0.435 e. The van der Waals surface area contributed by atoms with Crippen molar-refractivity contribution < 1.29 is 18.0 Å². The van der Waals surface area contributed by atoms with E-state index in [1.807, 2.05) is 6.07 Å². The Balaban J connectivity index is 1.81. The SMILES string of the molecule is N#Cc1cccc(NC(=O)Cn2nc(C(F)(F)F)c3c2CCCC3)c1. The predicted molar refractivity (Wildman–Crippen MR) is 83.7 cm³/mol. The number of anilines is 1. The molecule has 130 valence electrons. The third kappa shape index (κ3) is 3.65. The molecular weight excluding hydrogens is 333 g/mol. The molecule has 8 heteroatoms. The van der Waals surface area contributed by atoms with Gasteiger partial charge in [0.2, 0.25) is 5.91 Å². The third-order valence-electron chi connectivity index (χ3n) is 4.09. The number of hydrogen-bond donors (Lipinski definition) is 1. The molecule has 25 heavy (non-hydrogen) atoms. The number of fused-ring (bicyclic) bond motifs is 1. The Hall–Kier alpha value is -2.82. The molecule has 1 N–H and O–H groups in total. The average molecular weight is 348 g/mol. The van der Waals surface area contributed by atoms with Gasteiger partial charge in [0.05, 0.1) is 11.6 Å². The van der Waals surface area contributed by atoms with Crippen molar-refractivity contribution in [2.24, 2.45) is 0 Å². The van der Waals surface area contributed by atoms with Crippen LogP contribution in [0.3, 0.4) is 0 Å². The molecule has 3 rings (SSSR count). The van der Waals surface area contributed by atoms with E-state index in [2.05, 4.69) is 10.4 Å². The van der Waals surface area contributed by atoms with Crippen molar-refractivity contribution in [1.29, 1.82) is 5.26 Å². The lowest BCUT2D eigenvalue weighted by molar-refractivity contribution is -0.142. The van der Waals surface area contributed by atoms with E-state index in [-0.39, 0.29) is 12.1 Å². The molecule has 1 heterocycles. The van der Waals surface area contributed by atoms with Crippen LogP contribution in [0.1, 0.15) is 35.4 Å². The van der Waals surface area contributed by atoms with E-state index in [0.717, 1.165) is 11.1 Å². The lowest BCUT2D eigenvalue weighted by atomic mass is 9.95. The molecule has 0 saturated heterocycles. The van der Waals surface area contributed by atoms with E-state index in [9.17, 15) is 18.0 Å². The minimum Gasteiger partial charge on any atom is -0.324 e. The molecule has 2 aromatic rings. The zero-order valence-corrected chi connectivity index (χ0v) is 13.2. The summed E-state index contributed by atoms with van der Waals surface area (Å²) in [6.45, 7) is -0.296.